The molecule has 0 saturated carbocycles. The van der Waals surface area contributed by atoms with E-state index < -0.39 is 6.10 Å². The van der Waals surface area contributed by atoms with E-state index in [1.807, 2.05) is 66.8 Å². The lowest BCUT2D eigenvalue weighted by molar-refractivity contribution is -0.166. The zero-order chi connectivity index (χ0) is 49.3. The number of carbonyl (C=O) groups excluding carboxylic acids is 3. The van der Waals surface area contributed by atoms with Crippen molar-refractivity contribution in [2.24, 2.45) is 0 Å². The van der Waals surface area contributed by atoms with E-state index in [0.717, 1.165) is 89.9 Å². The van der Waals surface area contributed by atoms with Gasteiger partial charge in [-0.15, -0.1) is 0 Å². The third-order valence-electron chi connectivity index (χ3n) is 10.1. The highest BCUT2D eigenvalue weighted by Crippen LogP contribution is 2.11. The van der Waals surface area contributed by atoms with E-state index in [4.69, 9.17) is 14.2 Å². The van der Waals surface area contributed by atoms with Crippen LogP contribution in [0.2, 0.25) is 0 Å². The van der Waals surface area contributed by atoms with Gasteiger partial charge in [-0.3, -0.25) is 14.4 Å². The number of ether oxygens (including phenoxy) is 3. The monoisotopic (exact) mass is 933 g/mol. The number of esters is 3. The molecule has 68 heavy (non-hydrogen) atoms. The molecule has 6 heteroatoms. The molecule has 0 rings (SSSR count). The van der Waals surface area contributed by atoms with E-state index in [9.17, 15) is 14.4 Å². The zero-order valence-corrected chi connectivity index (χ0v) is 42.8. The van der Waals surface area contributed by atoms with Crippen molar-refractivity contribution in [2.75, 3.05) is 13.2 Å². The zero-order valence-electron chi connectivity index (χ0n) is 42.8. The molecule has 0 aliphatic rings. The van der Waals surface area contributed by atoms with E-state index in [-0.39, 0.29) is 50.4 Å². The Morgan fingerprint density at radius 3 is 1.18 bits per heavy atom. The molecule has 0 aliphatic heterocycles. The van der Waals surface area contributed by atoms with Gasteiger partial charge >= 0.3 is 17.9 Å². The largest absolute Gasteiger partial charge is 0.462 e. The van der Waals surface area contributed by atoms with Gasteiger partial charge in [0.1, 0.15) is 13.2 Å². The van der Waals surface area contributed by atoms with Gasteiger partial charge in [0.2, 0.25) is 0 Å². The van der Waals surface area contributed by atoms with Gasteiger partial charge in [0.25, 0.3) is 0 Å². The second-order valence-electron chi connectivity index (χ2n) is 16.5. The molecule has 0 bridgehead atoms. The van der Waals surface area contributed by atoms with Crippen LogP contribution >= 0.6 is 0 Å². The first-order chi connectivity index (χ1) is 33.5. The van der Waals surface area contributed by atoms with Crippen molar-refractivity contribution in [3.8, 4) is 0 Å². The molecule has 0 spiro atoms. The third kappa shape index (κ3) is 51.7. The molecule has 0 aliphatic carbocycles. The van der Waals surface area contributed by atoms with Crippen LogP contribution in [0.1, 0.15) is 181 Å². The lowest BCUT2D eigenvalue weighted by atomic mass is 10.1. The summed E-state index contributed by atoms with van der Waals surface area (Å²) in [6.07, 6.45) is 80.7. The van der Waals surface area contributed by atoms with Crippen molar-refractivity contribution in [1.29, 1.82) is 0 Å². The van der Waals surface area contributed by atoms with Gasteiger partial charge in [-0.2, -0.15) is 0 Å². The van der Waals surface area contributed by atoms with Crippen LogP contribution in [-0.4, -0.2) is 37.2 Å². The van der Waals surface area contributed by atoms with Crippen LogP contribution in [0.25, 0.3) is 0 Å². The fourth-order valence-electron chi connectivity index (χ4n) is 6.26. The van der Waals surface area contributed by atoms with Crippen molar-refractivity contribution in [3.63, 3.8) is 0 Å². The summed E-state index contributed by atoms with van der Waals surface area (Å²) < 4.78 is 16.6. The van der Waals surface area contributed by atoms with E-state index >= 15 is 0 Å². The highest BCUT2D eigenvalue weighted by molar-refractivity contribution is 5.71. The molecule has 0 heterocycles. The summed E-state index contributed by atoms with van der Waals surface area (Å²) >= 11 is 0. The third-order valence-corrected chi connectivity index (χ3v) is 10.1. The number of unbranched alkanes of at least 4 members (excludes halogenated alkanes) is 11. The smallest absolute Gasteiger partial charge is 0.306 e. The molecule has 0 radical (unpaired) electrons. The van der Waals surface area contributed by atoms with Crippen LogP contribution in [0.3, 0.4) is 0 Å². The minimum Gasteiger partial charge on any atom is -0.462 e. The summed E-state index contributed by atoms with van der Waals surface area (Å²) in [5, 5.41) is 0. The Morgan fingerprint density at radius 2 is 0.691 bits per heavy atom. The Balaban J connectivity index is 4.67. The van der Waals surface area contributed by atoms with Crippen LogP contribution in [-0.2, 0) is 28.6 Å². The first kappa shape index (κ1) is 62.8. The van der Waals surface area contributed by atoms with Gasteiger partial charge in [0, 0.05) is 19.3 Å². The number of hydrogen-bond acceptors (Lipinski definition) is 6. The lowest BCUT2D eigenvalue weighted by Crippen LogP contribution is -2.30. The molecule has 0 aromatic rings. The molecule has 1 unspecified atom stereocenters. The molecular formula is C62H92O6. The van der Waals surface area contributed by atoms with E-state index in [1.165, 1.54) is 32.1 Å². The van der Waals surface area contributed by atoms with Gasteiger partial charge in [-0.05, 0) is 96.3 Å². The molecule has 0 aromatic carbocycles. The SMILES string of the molecule is CC\C=C/C=C\C=C/C=C\C=C/CCCC(=O)OCC(COC(=O)CC/C=C\C/C=C\C/C=C\C/C=C\C/C=C\C/C=C\CC)OC(=O)CCCCCCC\C=C/C=C\C=C/CCCCCCC. The Bertz CT molecular complexity index is 1640. The van der Waals surface area contributed by atoms with Gasteiger partial charge in [0.05, 0.1) is 0 Å². The lowest BCUT2D eigenvalue weighted by Gasteiger charge is -2.18. The minimum absolute atomic E-state index is 0.156. The fraction of sp³-hybridized carbons (Fsp3) is 0.500. The summed E-state index contributed by atoms with van der Waals surface area (Å²) in [5.41, 5.74) is 0. The Labute approximate surface area is 415 Å². The Morgan fingerprint density at radius 1 is 0.324 bits per heavy atom. The second-order valence-corrected chi connectivity index (χ2v) is 16.5. The Hall–Kier alpha value is -5.23. The highest BCUT2D eigenvalue weighted by atomic mass is 16.6. The van der Waals surface area contributed by atoms with Crippen molar-refractivity contribution in [1.82, 2.24) is 0 Å². The summed E-state index contributed by atoms with van der Waals surface area (Å²) in [6, 6.07) is 0. The molecule has 1 atom stereocenters. The molecule has 6 nitrogen and oxygen atoms in total. The first-order valence-corrected chi connectivity index (χ1v) is 26.2. The summed E-state index contributed by atoms with van der Waals surface area (Å²) in [5.74, 6) is -1.14. The predicted molar refractivity (Wildman–Crippen MR) is 292 cm³/mol. The van der Waals surface area contributed by atoms with Crippen molar-refractivity contribution in [3.05, 3.63) is 170 Å². The highest BCUT2D eigenvalue weighted by Gasteiger charge is 2.19. The van der Waals surface area contributed by atoms with Crippen molar-refractivity contribution < 1.29 is 28.6 Å². The molecule has 0 N–H and O–H groups in total. The summed E-state index contributed by atoms with van der Waals surface area (Å²) in [4.78, 5) is 38.0. The number of rotatable bonds is 44. The summed E-state index contributed by atoms with van der Waals surface area (Å²) in [7, 11) is 0. The average Bonchev–Trinajstić information content (AvgIpc) is 3.34. The van der Waals surface area contributed by atoms with Crippen LogP contribution in [0.5, 0.6) is 0 Å². The molecular weight excluding hydrogens is 841 g/mol. The van der Waals surface area contributed by atoms with E-state index in [1.54, 1.807) is 0 Å². The number of hydrogen-bond donors (Lipinski definition) is 0. The van der Waals surface area contributed by atoms with Crippen molar-refractivity contribution in [2.45, 2.75) is 187 Å². The average molecular weight is 933 g/mol. The molecule has 0 aromatic heterocycles. The number of allylic oxidation sites excluding steroid dienone is 28. The predicted octanol–water partition coefficient (Wildman–Crippen LogP) is 17.6. The van der Waals surface area contributed by atoms with Crippen LogP contribution in [0.15, 0.2) is 170 Å². The van der Waals surface area contributed by atoms with Crippen LogP contribution < -0.4 is 0 Å². The quantitative estimate of drug-likeness (QED) is 0.0199. The number of carbonyl (C=O) groups is 3. The standard InChI is InChI=1S/C62H92O6/c1-4-7-10-13-16-19-22-25-27-29-31-33-34-37-40-43-46-49-52-55-61(64)67-58-59(57-66-60(63)54-51-48-45-42-39-36-24-21-18-15-12-9-6-3)68-62(65)56-53-50-47-44-41-38-35-32-30-28-26-23-20-17-14-11-8-5-2/h7,9-10,12,15-16,18-19,21,23-28,30-33,35-37,39-40,42,45-46,49,59H,4-6,8,11,13-14,17,20,22,29,34,38,41,43-44,47-48,50-58H2,1-3H3/b10-7-,12-9-,18-15-,19-16-,24-21-,26-23-,27-25-,30-28-,33-31-,35-32-,39-36-,40-37-,45-42-,49-46-. The topological polar surface area (TPSA) is 78.9 Å². The van der Waals surface area contributed by atoms with Crippen molar-refractivity contribution >= 4 is 17.9 Å². The molecule has 0 saturated heterocycles. The molecule has 376 valence electrons. The maximum absolute atomic E-state index is 12.8. The maximum atomic E-state index is 12.8. The van der Waals surface area contributed by atoms with Gasteiger partial charge in [-0.1, -0.05) is 236 Å². The maximum Gasteiger partial charge on any atom is 0.306 e. The van der Waals surface area contributed by atoms with Crippen LogP contribution in [0, 0.1) is 0 Å². The molecule has 0 fully saturated rings. The van der Waals surface area contributed by atoms with E-state index in [0.29, 0.717) is 19.3 Å². The normalized spacial score (nSPS) is 13.5. The minimum atomic E-state index is -0.858. The summed E-state index contributed by atoms with van der Waals surface area (Å²) in [6.45, 7) is 6.18. The fourth-order valence-corrected chi connectivity index (χ4v) is 6.26. The van der Waals surface area contributed by atoms with E-state index in [2.05, 4.69) is 124 Å². The molecule has 0 amide bonds. The van der Waals surface area contributed by atoms with Gasteiger partial charge < -0.3 is 14.2 Å². The van der Waals surface area contributed by atoms with Gasteiger partial charge in [-0.25, -0.2) is 0 Å². The Kier molecular flexibility index (Phi) is 50.2. The van der Waals surface area contributed by atoms with Crippen LogP contribution in [0.4, 0.5) is 0 Å². The first-order valence-electron chi connectivity index (χ1n) is 26.2. The van der Waals surface area contributed by atoms with Gasteiger partial charge in [0.15, 0.2) is 6.10 Å². The second kappa shape index (κ2) is 54.4.